The van der Waals surface area contributed by atoms with Crippen LogP contribution in [-0.2, 0) is 6.18 Å². The number of rotatable bonds is 4. The first-order valence-electron chi connectivity index (χ1n) is 13.1. The Hall–Kier alpha value is -4.97. The van der Waals surface area contributed by atoms with Crippen molar-refractivity contribution >= 4 is 49.0 Å². The zero-order valence-corrected chi connectivity index (χ0v) is 24.1. The molecule has 2 aromatic carbocycles. The maximum absolute atomic E-state index is 16.8. The molecule has 44 heavy (non-hydrogen) atoms. The van der Waals surface area contributed by atoms with Crippen molar-refractivity contribution in [3.8, 4) is 29.0 Å². The molecule has 0 aliphatic carbocycles. The average Bonchev–Trinajstić information content (AvgIpc) is 3.20. The van der Waals surface area contributed by atoms with Crippen LogP contribution in [0.4, 0.5) is 38.6 Å². The molecule has 226 valence electrons. The first kappa shape index (κ1) is 29.1. The van der Waals surface area contributed by atoms with Gasteiger partial charge in [-0.15, -0.1) is 11.3 Å². The molecular formula is C29H22F5N7O2S. The van der Waals surface area contributed by atoms with Crippen LogP contribution >= 0.6 is 11.3 Å². The molecule has 4 heterocycles. The van der Waals surface area contributed by atoms with Crippen molar-refractivity contribution in [1.82, 2.24) is 15.0 Å². The molecule has 3 aromatic heterocycles. The van der Waals surface area contributed by atoms with Gasteiger partial charge in [-0.2, -0.15) is 28.4 Å². The van der Waals surface area contributed by atoms with Crippen LogP contribution in [-0.4, -0.2) is 35.2 Å². The number of pyridine rings is 1. The fourth-order valence-corrected chi connectivity index (χ4v) is 6.71. The molecule has 0 fully saturated rings. The molecule has 0 spiro atoms. The largest absolute Gasteiger partial charge is 0.490 e. The Kier molecular flexibility index (Phi) is 6.84. The number of nitrogens with two attached hydrogens (primary N) is 2. The molecule has 5 aromatic rings. The Balaban J connectivity index is 1.76. The van der Waals surface area contributed by atoms with Crippen molar-refractivity contribution in [3.05, 3.63) is 58.3 Å². The van der Waals surface area contributed by atoms with Crippen LogP contribution < -0.4 is 25.8 Å². The van der Waals surface area contributed by atoms with E-state index in [0.717, 1.165) is 17.7 Å². The molecule has 1 atom stereocenters. The smallest absolute Gasteiger partial charge is 0.420 e. The maximum Gasteiger partial charge on any atom is 0.420 e. The minimum atomic E-state index is -5.18. The number of alkyl halides is 3. The summed E-state index contributed by atoms with van der Waals surface area (Å²) in [7, 11) is 1.23. The number of anilines is 3. The molecule has 1 unspecified atom stereocenters. The van der Waals surface area contributed by atoms with Crippen LogP contribution in [0.15, 0.2) is 24.4 Å². The fourth-order valence-electron chi connectivity index (χ4n) is 5.76. The van der Waals surface area contributed by atoms with E-state index in [1.165, 1.54) is 13.3 Å². The van der Waals surface area contributed by atoms with Gasteiger partial charge in [0.15, 0.2) is 5.82 Å². The number of nitriles is 1. The summed E-state index contributed by atoms with van der Waals surface area (Å²) in [6, 6.07) is 4.51. The Morgan fingerprint density at radius 1 is 1.16 bits per heavy atom. The van der Waals surface area contributed by atoms with E-state index in [4.69, 9.17) is 20.9 Å². The van der Waals surface area contributed by atoms with E-state index in [2.05, 4.69) is 15.0 Å². The van der Waals surface area contributed by atoms with Crippen molar-refractivity contribution < 1.29 is 31.4 Å². The van der Waals surface area contributed by atoms with Gasteiger partial charge >= 0.3 is 12.2 Å². The van der Waals surface area contributed by atoms with Crippen molar-refractivity contribution in [2.75, 3.05) is 36.6 Å². The summed E-state index contributed by atoms with van der Waals surface area (Å²) in [6.07, 6.45) is -3.65. The summed E-state index contributed by atoms with van der Waals surface area (Å²) < 4.78 is 87.8. The highest BCUT2D eigenvalue weighted by molar-refractivity contribution is 7.23. The fraction of sp³-hybridized carbons (Fsp3) is 0.241. The van der Waals surface area contributed by atoms with Crippen LogP contribution in [0.1, 0.15) is 35.2 Å². The second-order valence-electron chi connectivity index (χ2n) is 10.0. The third-order valence-electron chi connectivity index (χ3n) is 7.64. The maximum atomic E-state index is 16.8. The summed E-state index contributed by atoms with van der Waals surface area (Å²) in [6.45, 7) is 3.33. The minimum absolute atomic E-state index is 0.0214. The highest BCUT2D eigenvalue weighted by atomic mass is 32.1. The average molecular weight is 628 g/mol. The van der Waals surface area contributed by atoms with Crippen LogP contribution in [0.2, 0.25) is 0 Å². The zero-order valence-electron chi connectivity index (χ0n) is 23.3. The third-order valence-corrected chi connectivity index (χ3v) is 8.67. The van der Waals surface area contributed by atoms with Crippen LogP contribution in [0, 0.1) is 29.9 Å². The zero-order chi connectivity index (χ0) is 31.7. The molecule has 6 rings (SSSR count). The Labute approximate surface area is 250 Å². The molecule has 0 bridgehead atoms. The summed E-state index contributed by atoms with van der Waals surface area (Å²) in [5.41, 5.74) is 9.85. The molecule has 0 saturated heterocycles. The van der Waals surface area contributed by atoms with E-state index in [1.807, 2.05) is 6.92 Å². The predicted molar refractivity (Wildman–Crippen MR) is 156 cm³/mol. The van der Waals surface area contributed by atoms with Crippen molar-refractivity contribution in [2.24, 2.45) is 0 Å². The number of hydrogen-bond acceptors (Lipinski definition) is 10. The first-order valence-corrected chi connectivity index (χ1v) is 13.9. The number of aromatic nitrogens is 3. The number of fused-ring (bicyclic) bond motifs is 1. The summed E-state index contributed by atoms with van der Waals surface area (Å²) in [5.74, 6) is -2.80. The number of benzene rings is 2. The lowest BCUT2D eigenvalue weighted by atomic mass is 9.91. The van der Waals surface area contributed by atoms with Crippen LogP contribution in [0.5, 0.6) is 11.8 Å². The number of halogens is 5. The molecule has 0 amide bonds. The van der Waals surface area contributed by atoms with E-state index < -0.39 is 51.8 Å². The van der Waals surface area contributed by atoms with Gasteiger partial charge in [-0.1, -0.05) is 6.07 Å². The van der Waals surface area contributed by atoms with E-state index >= 15 is 17.6 Å². The van der Waals surface area contributed by atoms with E-state index in [1.54, 1.807) is 24.0 Å². The van der Waals surface area contributed by atoms with Gasteiger partial charge in [0.2, 0.25) is 0 Å². The number of hydrogen-bond donors (Lipinski definition) is 2. The van der Waals surface area contributed by atoms with Crippen molar-refractivity contribution in [3.63, 3.8) is 0 Å². The first-order chi connectivity index (χ1) is 20.9. The number of ether oxygens (including phenoxy) is 2. The Morgan fingerprint density at radius 3 is 2.57 bits per heavy atom. The van der Waals surface area contributed by atoms with Crippen LogP contribution in [0.3, 0.4) is 0 Å². The van der Waals surface area contributed by atoms with E-state index in [0.29, 0.717) is 16.9 Å². The van der Waals surface area contributed by atoms with Gasteiger partial charge in [-0.05, 0) is 37.1 Å². The number of nitrogen functional groups attached to an aromatic ring is 2. The molecular weight excluding hydrogens is 605 g/mol. The van der Waals surface area contributed by atoms with E-state index in [9.17, 15) is 9.65 Å². The molecule has 1 aliphatic rings. The number of nitrogens with zero attached hydrogens (tertiary/aromatic N) is 5. The molecule has 0 saturated carbocycles. The second kappa shape index (κ2) is 10.3. The van der Waals surface area contributed by atoms with Gasteiger partial charge in [-0.3, -0.25) is 0 Å². The van der Waals surface area contributed by atoms with Gasteiger partial charge in [0.25, 0.3) is 0 Å². The lowest BCUT2D eigenvalue weighted by Gasteiger charge is -2.31. The molecule has 0 radical (unpaired) electrons. The SMILES string of the molecule is COc1nc2c3c(c(C(F)(F)F)c(-c4ccc(F)c5sc(N)c(C#N)c45)c(F)c3n1)OCCN2C(C)c1c(C)ccnc1N. The second-order valence-corrected chi connectivity index (χ2v) is 11.1. The minimum Gasteiger partial charge on any atom is -0.490 e. The molecule has 15 heteroatoms. The topological polar surface area (TPSA) is 136 Å². The molecule has 9 nitrogen and oxygen atoms in total. The van der Waals surface area contributed by atoms with Crippen molar-refractivity contribution in [1.29, 1.82) is 5.26 Å². The van der Waals surface area contributed by atoms with Gasteiger partial charge in [0.1, 0.15) is 52.0 Å². The normalized spacial score (nSPS) is 13.9. The van der Waals surface area contributed by atoms with E-state index in [-0.39, 0.29) is 56.8 Å². The Morgan fingerprint density at radius 2 is 1.91 bits per heavy atom. The van der Waals surface area contributed by atoms with Gasteiger partial charge in [0.05, 0.1) is 35.3 Å². The number of methoxy groups -OCH3 is 1. The van der Waals surface area contributed by atoms with Gasteiger partial charge in [-0.25, -0.2) is 13.8 Å². The highest BCUT2D eigenvalue weighted by Crippen LogP contribution is 2.53. The quantitative estimate of drug-likeness (QED) is 0.214. The van der Waals surface area contributed by atoms with Gasteiger partial charge < -0.3 is 25.8 Å². The summed E-state index contributed by atoms with van der Waals surface area (Å²) in [4.78, 5) is 14.3. The Bertz CT molecular complexity index is 2020. The predicted octanol–water partition coefficient (Wildman–Crippen LogP) is 6.52. The van der Waals surface area contributed by atoms with Gasteiger partial charge in [0, 0.05) is 22.7 Å². The lowest BCUT2D eigenvalue weighted by Crippen LogP contribution is -2.32. The summed E-state index contributed by atoms with van der Waals surface area (Å²) >= 11 is 0.676. The lowest BCUT2D eigenvalue weighted by molar-refractivity contribution is -0.138. The monoisotopic (exact) mass is 627 g/mol. The standard InChI is InChI=1S/C29H22F5N7O2S/c1-11-6-7-38-25(36)16(11)12(2)41-8-9-43-23-19-22(39-28(42-3)40-27(19)41)21(31)18(20(23)29(32,33)34)13-4-5-15(30)24-17(13)14(10-35)26(37)44-24/h4-7,12H,8-9,37H2,1-3H3,(H2,36,38). The highest BCUT2D eigenvalue weighted by Gasteiger charge is 2.44. The summed E-state index contributed by atoms with van der Waals surface area (Å²) in [5, 5.41) is 9.04. The number of thiophene rings is 1. The number of aryl methyl sites for hydroxylation is 1. The molecule has 4 N–H and O–H groups in total. The third kappa shape index (κ3) is 4.28. The van der Waals surface area contributed by atoms with Crippen LogP contribution in [0.25, 0.3) is 32.1 Å². The van der Waals surface area contributed by atoms with Crippen molar-refractivity contribution in [2.45, 2.75) is 26.1 Å². The molecule has 1 aliphatic heterocycles.